The summed E-state index contributed by atoms with van der Waals surface area (Å²) in [5.41, 5.74) is 8.17. The van der Waals surface area contributed by atoms with Crippen molar-refractivity contribution in [2.45, 2.75) is 0 Å². The number of hydrogen-bond donors (Lipinski definition) is 3. The first-order valence-corrected chi connectivity index (χ1v) is 10.1. The molecule has 2 aromatic heterocycles. The van der Waals surface area contributed by atoms with Crippen molar-refractivity contribution >= 4 is 23.3 Å². The Morgan fingerprint density at radius 3 is 1.75 bits per heavy atom. The maximum atomic E-state index is 10.9. The highest BCUT2D eigenvalue weighted by molar-refractivity contribution is 5.88. The summed E-state index contributed by atoms with van der Waals surface area (Å²) in [4.78, 5) is 31.8. The van der Waals surface area contributed by atoms with Crippen LogP contribution in [0.3, 0.4) is 0 Å². The summed E-state index contributed by atoms with van der Waals surface area (Å²) < 4.78 is 20.0. The van der Waals surface area contributed by atoms with Gasteiger partial charge in [0.1, 0.15) is 5.75 Å². The number of nitrogen functional groups attached to an aromatic ring is 1. The van der Waals surface area contributed by atoms with E-state index in [1.54, 1.807) is 24.3 Å². The number of para-hydroxylation sites is 2. The van der Waals surface area contributed by atoms with Crippen molar-refractivity contribution in [1.82, 2.24) is 0 Å². The number of methoxy groups -OCH3 is 2. The smallest absolute Gasteiger partial charge is 0.371 e. The summed E-state index contributed by atoms with van der Waals surface area (Å²) in [6, 6.07) is 12.3. The lowest BCUT2D eigenvalue weighted by molar-refractivity contribution is -0.385. The number of nitro benzene ring substituents is 1. The average molecular weight is 496 g/mol. The second kappa shape index (κ2) is 10.8. The zero-order valence-electron chi connectivity index (χ0n) is 19.0. The van der Waals surface area contributed by atoms with Crippen molar-refractivity contribution < 1.29 is 43.0 Å². The Bertz CT molecular complexity index is 1420. The summed E-state index contributed by atoms with van der Waals surface area (Å²) in [5.74, 6) is -2.13. The van der Waals surface area contributed by atoms with E-state index in [1.807, 2.05) is 0 Å². The average Bonchev–Trinajstić information content (AvgIpc) is 3.54. The van der Waals surface area contributed by atoms with Crippen LogP contribution in [0.1, 0.15) is 21.1 Å². The molecule has 0 radical (unpaired) electrons. The number of nitrogens with zero attached hydrogens (tertiary/aromatic N) is 1. The second-order valence-corrected chi connectivity index (χ2v) is 7.05. The summed E-state index contributed by atoms with van der Waals surface area (Å²) in [6.45, 7) is 0. The minimum absolute atomic E-state index is 0.0604. The fourth-order valence-corrected chi connectivity index (χ4v) is 3.30. The number of nitro groups is 1. The van der Waals surface area contributed by atoms with Crippen LogP contribution < -0.4 is 15.2 Å². The third-order valence-corrected chi connectivity index (χ3v) is 4.89. The maximum absolute atomic E-state index is 10.9. The number of carboxylic acid groups (broad SMARTS) is 2. The molecule has 186 valence electrons. The Kier molecular flexibility index (Phi) is 7.59. The van der Waals surface area contributed by atoms with E-state index in [9.17, 15) is 19.7 Å². The number of hydrogen-bond acceptors (Lipinski definition) is 9. The molecule has 0 aliphatic rings. The van der Waals surface area contributed by atoms with Crippen molar-refractivity contribution in [3.63, 3.8) is 0 Å². The van der Waals surface area contributed by atoms with Crippen LogP contribution in [-0.4, -0.2) is 41.3 Å². The van der Waals surface area contributed by atoms with Crippen LogP contribution in [0.4, 0.5) is 11.4 Å². The van der Waals surface area contributed by atoms with Crippen molar-refractivity contribution in [3.05, 3.63) is 82.7 Å². The van der Waals surface area contributed by atoms with Crippen molar-refractivity contribution in [1.29, 1.82) is 0 Å². The van der Waals surface area contributed by atoms with Gasteiger partial charge in [0.25, 0.3) is 0 Å². The summed E-state index contributed by atoms with van der Waals surface area (Å²) >= 11 is 0. The van der Waals surface area contributed by atoms with Crippen molar-refractivity contribution in [2.24, 2.45) is 0 Å². The third-order valence-electron chi connectivity index (χ3n) is 4.89. The number of nitrogens with two attached hydrogens (primary N) is 1. The lowest BCUT2D eigenvalue weighted by Gasteiger charge is -2.08. The Hall–Kier alpha value is -5.26. The standard InChI is InChI=1S/C12H9NO6.C12H11NO4/c1-18-11-8(3-2-4-9(11)13(16)17)7-5-10(12(14)15)19-6-7;1-16-11-8(3-2-4-9(11)13)7-5-10(12(14)15)17-6-7/h2-6H,1H3,(H,14,15);2-6H,13H2,1H3,(H,14,15). The highest BCUT2D eigenvalue weighted by Crippen LogP contribution is 2.38. The maximum Gasteiger partial charge on any atom is 0.371 e. The van der Waals surface area contributed by atoms with Gasteiger partial charge >= 0.3 is 17.6 Å². The van der Waals surface area contributed by atoms with Gasteiger partial charge < -0.3 is 34.3 Å². The fourth-order valence-electron chi connectivity index (χ4n) is 3.30. The van der Waals surface area contributed by atoms with Crippen LogP contribution >= 0.6 is 0 Å². The van der Waals surface area contributed by atoms with E-state index >= 15 is 0 Å². The van der Waals surface area contributed by atoms with Gasteiger partial charge in [0, 0.05) is 28.3 Å². The van der Waals surface area contributed by atoms with E-state index in [1.165, 1.54) is 51.0 Å². The molecule has 0 saturated carbocycles. The molecular formula is C24H20N2O10. The van der Waals surface area contributed by atoms with Crippen molar-refractivity contribution in [3.8, 4) is 33.8 Å². The normalized spacial score (nSPS) is 10.2. The molecule has 0 unspecified atom stereocenters. The highest BCUT2D eigenvalue weighted by Gasteiger charge is 2.21. The van der Waals surface area contributed by atoms with Gasteiger partial charge in [-0.15, -0.1) is 0 Å². The zero-order chi connectivity index (χ0) is 26.4. The van der Waals surface area contributed by atoms with E-state index in [0.29, 0.717) is 33.7 Å². The lowest BCUT2D eigenvalue weighted by Crippen LogP contribution is -1.95. The number of furan rings is 2. The SMILES string of the molecule is COc1c(-c2coc(C(=O)O)c2)cccc1[N+](=O)[O-].COc1c(N)cccc1-c1coc(C(=O)O)c1. The molecule has 36 heavy (non-hydrogen) atoms. The zero-order valence-corrected chi connectivity index (χ0v) is 19.0. The predicted octanol–water partition coefficient (Wildman–Crippen LogP) is 4.80. The number of anilines is 1. The minimum Gasteiger partial charge on any atom is -0.494 e. The monoisotopic (exact) mass is 496 g/mol. The van der Waals surface area contributed by atoms with Gasteiger partial charge in [-0.3, -0.25) is 10.1 Å². The summed E-state index contributed by atoms with van der Waals surface area (Å²) in [7, 11) is 2.82. The van der Waals surface area contributed by atoms with Crippen LogP contribution in [0.5, 0.6) is 11.5 Å². The van der Waals surface area contributed by atoms with Gasteiger partial charge in [0.15, 0.2) is 0 Å². The molecule has 4 aromatic rings. The molecule has 0 bridgehead atoms. The lowest BCUT2D eigenvalue weighted by atomic mass is 10.1. The molecule has 4 rings (SSSR count). The van der Waals surface area contributed by atoms with Gasteiger partial charge in [-0.25, -0.2) is 9.59 Å². The third kappa shape index (κ3) is 5.28. The number of aromatic carboxylic acids is 2. The summed E-state index contributed by atoms with van der Waals surface area (Å²) in [5, 5.41) is 28.4. The first-order valence-electron chi connectivity index (χ1n) is 10.1. The molecule has 0 amide bonds. The number of carbonyl (C=O) groups is 2. The molecule has 0 aliphatic carbocycles. The molecule has 0 saturated heterocycles. The Morgan fingerprint density at radius 2 is 1.33 bits per heavy atom. The predicted molar refractivity (Wildman–Crippen MR) is 126 cm³/mol. The number of benzene rings is 2. The van der Waals surface area contributed by atoms with Crippen LogP contribution in [0.2, 0.25) is 0 Å². The van der Waals surface area contributed by atoms with E-state index in [4.69, 9.17) is 34.3 Å². The number of rotatable bonds is 7. The van der Waals surface area contributed by atoms with Crippen LogP contribution in [0, 0.1) is 10.1 Å². The molecule has 0 spiro atoms. The second-order valence-electron chi connectivity index (χ2n) is 7.05. The van der Waals surface area contributed by atoms with Gasteiger partial charge in [0.05, 0.1) is 37.4 Å². The van der Waals surface area contributed by atoms with E-state index < -0.39 is 16.9 Å². The van der Waals surface area contributed by atoms with E-state index in [0.717, 1.165) is 0 Å². The van der Waals surface area contributed by atoms with Gasteiger partial charge in [0.2, 0.25) is 17.3 Å². The van der Waals surface area contributed by atoms with E-state index in [2.05, 4.69) is 0 Å². The van der Waals surface area contributed by atoms with Crippen molar-refractivity contribution in [2.75, 3.05) is 20.0 Å². The minimum atomic E-state index is -1.21. The Labute approximate surface area is 203 Å². The number of carboxylic acids is 2. The molecular weight excluding hydrogens is 476 g/mol. The molecule has 0 aliphatic heterocycles. The number of ether oxygens (including phenoxy) is 2. The summed E-state index contributed by atoms with van der Waals surface area (Å²) in [6.07, 6.45) is 2.58. The van der Waals surface area contributed by atoms with E-state index in [-0.39, 0.29) is 23.0 Å². The van der Waals surface area contributed by atoms with Crippen LogP contribution in [-0.2, 0) is 0 Å². The quantitative estimate of drug-likeness (QED) is 0.181. The van der Waals surface area contributed by atoms with Crippen LogP contribution in [0.15, 0.2) is 69.9 Å². The first kappa shape index (κ1) is 25.4. The molecule has 12 nitrogen and oxygen atoms in total. The van der Waals surface area contributed by atoms with Gasteiger partial charge in [-0.05, 0) is 18.2 Å². The van der Waals surface area contributed by atoms with Gasteiger partial charge in [-0.1, -0.05) is 24.3 Å². The molecule has 4 N–H and O–H groups in total. The fraction of sp³-hybridized carbons (Fsp3) is 0.0833. The molecule has 0 atom stereocenters. The molecule has 2 heterocycles. The molecule has 12 heteroatoms. The molecule has 2 aromatic carbocycles. The van der Waals surface area contributed by atoms with Crippen LogP contribution in [0.25, 0.3) is 22.3 Å². The highest BCUT2D eigenvalue weighted by atomic mass is 16.6. The molecule has 0 fully saturated rings. The topological polar surface area (TPSA) is 188 Å². The Balaban J connectivity index is 0.000000202. The van der Waals surface area contributed by atoms with Gasteiger partial charge in [-0.2, -0.15) is 0 Å². The Morgan fingerprint density at radius 1 is 0.861 bits per heavy atom. The first-order chi connectivity index (χ1) is 17.2. The largest absolute Gasteiger partial charge is 0.494 e.